The first-order chi connectivity index (χ1) is 13.8. The van der Waals surface area contributed by atoms with E-state index in [0.29, 0.717) is 18.1 Å². The maximum absolute atomic E-state index is 5.47. The van der Waals surface area contributed by atoms with Crippen LogP contribution in [0.4, 0.5) is 0 Å². The van der Waals surface area contributed by atoms with Crippen LogP contribution >= 0.6 is 0 Å². The van der Waals surface area contributed by atoms with E-state index in [4.69, 9.17) is 19.3 Å². The van der Waals surface area contributed by atoms with E-state index in [9.17, 15) is 0 Å². The van der Waals surface area contributed by atoms with Crippen molar-refractivity contribution in [2.75, 3.05) is 21.3 Å². The van der Waals surface area contributed by atoms with Crippen molar-refractivity contribution in [3.8, 4) is 33.9 Å². The summed E-state index contributed by atoms with van der Waals surface area (Å²) < 4.78 is 18.1. The highest BCUT2D eigenvalue weighted by molar-refractivity contribution is 5.82. The Morgan fingerprint density at radius 1 is 0.929 bits per heavy atom. The minimum atomic E-state index is 0.361. The van der Waals surface area contributed by atoms with E-state index in [1.807, 2.05) is 47.1 Å². The molecule has 0 fully saturated rings. The van der Waals surface area contributed by atoms with Gasteiger partial charge in [-0.25, -0.2) is 9.50 Å². The van der Waals surface area contributed by atoms with Crippen molar-refractivity contribution in [1.82, 2.24) is 19.6 Å². The second-order valence-corrected chi connectivity index (χ2v) is 6.13. The highest BCUT2D eigenvalue weighted by Gasteiger charge is 2.19. The van der Waals surface area contributed by atoms with Crippen molar-refractivity contribution in [3.05, 3.63) is 60.7 Å². The highest BCUT2D eigenvalue weighted by atomic mass is 16.5. The van der Waals surface area contributed by atoms with Gasteiger partial charge in [-0.05, 0) is 35.9 Å². The molecule has 0 bridgehead atoms. The first-order valence-electron chi connectivity index (χ1n) is 8.75. The van der Waals surface area contributed by atoms with Crippen LogP contribution in [-0.2, 0) is 11.3 Å². The predicted octanol–water partition coefficient (Wildman–Crippen LogP) is 3.62. The molecule has 0 N–H and O–H groups in total. The van der Waals surface area contributed by atoms with Gasteiger partial charge in [0.05, 0.1) is 37.8 Å². The van der Waals surface area contributed by atoms with Crippen molar-refractivity contribution < 1.29 is 14.2 Å². The number of benzene rings is 1. The van der Waals surface area contributed by atoms with Gasteiger partial charge in [-0.3, -0.25) is 4.98 Å². The molecule has 4 rings (SSSR count). The Morgan fingerprint density at radius 2 is 1.79 bits per heavy atom. The van der Waals surface area contributed by atoms with Gasteiger partial charge in [-0.2, -0.15) is 5.10 Å². The number of ether oxygens (including phenoxy) is 3. The van der Waals surface area contributed by atoms with Gasteiger partial charge >= 0.3 is 0 Å². The number of rotatable bonds is 6. The van der Waals surface area contributed by atoms with Crippen molar-refractivity contribution >= 4 is 5.65 Å². The number of fused-ring (bicyclic) bond motifs is 1. The third-order valence-corrected chi connectivity index (χ3v) is 4.50. The Bertz CT molecular complexity index is 1110. The number of aromatic nitrogens is 4. The Balaban J connectivity index is 1.97. The Kier molecular flexibility index (Phi) is 4.90. The van der Waals surface area contributed by atoms with Crippen LogP contribution in [-0.4, -0.2) is 40.9 Å². The lowest BCUT2D eigenvalue weighted by Gasteiger charge is -2.10. The smallest absolute Gasteiger partial charge is 0.163 e. The van der Waals surface area contributed by atoms with Gasteiger partial charge in [0.15, 0.2) is 17.1 Å². The molecule has 0 amide bonds. The van der Waals surface area contributed by atoms with Crippen LogP contribution in [0, 0.1) is 0 Å². The lowest BCUT2D eigenvalue weighted by Crippen LogP contribution is -1.96. The minimum absolute atomic E-state index is 0.361. The van der Waals surface area contributed by atoms with E-state index >= 15 is 0 Å². The molecule has 0 saturated heterocycles. The third kappa shape index (κ3) is 3.05. The molecule has 0 unspecified atom stereocenters. The molecule has 0 aliphatic carbocycles. The zero-order valence-electron chi connectivity index (χ0n) is 15.9. The van der Waals surface area contributed by atoms with Crippen LogP contribution in [0.1, 0.15) is 5.69 Å². The Morgan fingerprint density at radius 3 is 2.50 bits per heavy atom. The number of pyridine rings is 1. The van der Waals surface area contributed by atoms with E-state index in [1.54, 1.807) is 33.7 Å². The molecule has 0 spiro atoms. The SMILES string of the molecule is COCc1nn2c(-c3cccnc3)ccnc2c1-c1ccc(OC)c(OC)c1. The molecule has 4 aromatic rings. The number of methoxy groups -OCH3 is 3. The molecule has 0 radical (unpaired) electrons. The van der Waals surface area contributed by atoms with Crippen LogP contribution in [0.25, 0.3) is 28.0 Å². The van der Waals surface area contributed by atoms with Gasteiger partial charge in [0.25, 0.3) is 0 Å². The lowest BCUT2D eigenvalue weighted by atomic mass is 10.0. The van der Waals surface area contributed by atoms with Crippen molar-refractivity contribution in [2.24, 2.45) is 0 Å². The topological polar surface area (TPSA) is 70.8 Å². The first-order valence-corrected chi connectivity index (χ1v) is 8.75. The molecular formula is C21H20N4O3. The van der Waals surface area contributed by atoms with Gasteiger partial charge in [0.1, 0.15) is 0 Å². The molecule has 0 atom stereocenters. The second-order valence-electron chi connectivity index (χ2n) is 6.13. The maximum atomic E-state index is 5.47. The zero-order valence-corrected chi connectivity index (χ0v) is 15.9. The Labute approximate surface area is 162 Å². The molecule has 7 heteroatoms. The minimum Gasteiger partial charge on any atom is -0.493 e. The molecule has 1 aromatic carbocycles. The fraction of sp³-hybridized carbons (Fsp3) is 0.190. The van der Waals surface area contributed by atoms with Crippen molar-refractivity contribution in [1.29, 1.82) is 0 Å². The third-order valence-electron chi connectivity index (χ3n) is 4.50. The van der Waals surface area contributed by atoms with Crippen molar-refractivity contribution in [2.45, 2.75) is 6.61 Å². The standard InChI is InChI=1S/C21H20N4O3/c1-26-13-16-20(14-6-7-18(27-2)19(11-14)28-3)21-23-10-8-17(25(21)24-16)15-5-4-9-22-12-15/h4-12H,13H2,1-3H3. The summed E-state index contributed by atoms with van der Waals surface area (Å²) in [4.78, 5) is 8.81. The quantitative estimate of drug-likeness (QED) is 0.512. The molecule has 7 nitrogen and oxygen atoms in total. The normalized spacial score (nSPS) is 11.0. The fourth-order valence-electron chi connectivity index (χ4n) is 3.25. The van der Waals surface area contributed by atoms with Crippen LogP contribution in [0.2, 0.25) is 0 Å². The van der Waals surface area contributed by atoms with Crippen LogP contribution in [0.15, 0.2) is 55.0 Å². The number of nitrogens with zero attached hydrogens (tertiary/aromatic N) is 4. The molecular weight excluding hydrogens is 356 g/mol. The van der Waals surface area contributed by atoms with E-state index in [0.717, 1.165) is 33.7 Å². The van der Waals surface area contributed by atoms with E-state index in [1.165, 1.54) is 0 Å². The second kappa shape index (κ2) is 7.66. The average molecular weight is 376 g/mol. The largest absolute Gasteiger partial charge is 0.493 e. The molecule has 142 valence electrons. The van der Waals surface area contributed by atoms with Crippen molar-refractivity contribution in [3.63, 3.8) is 0 Å². The summed E-state index contributed by atoms with van der Waals surface area (Å²) in [6.07, 6.45) is 5.33. The molecule has 0 aliphatic heterocycles. The number of hydrogen-bond acceptors (Lipinski definition) is 6. The van der Waals surface area contributed by atoms with Gasteiger partial charge in [0, 0.05) is 31.3 Å². The van der Waals surface area contributed by atoms with Gasteiger partial charge < -0.3 is 14.2 Å². The van der Waals surface area contributed by atoms with E-state index in [-0.39, 0.29) is 0 Å². The Hall–Kier alpha value is -3.45. The van der Waals surface area contributed by atoms with Crippen LogP contribution < -0.4 is 9.47 Å². The highest BCUT2D eigenvalue weighted by Crippen LogP contribution is 2.36. The number of hydrogen-bond donors (Lipinski definition) is 0. The van der Waals surface area contributed by atoms with Gasteiger partial charge in [-0.1, -0.05) is 6.07 Å². The van der Waals surface area contributed by atoms with Gasteiger partial charge in [-0.15, -0.1) is 0 Å². The first kappa shape index (κ1) is 17.9. The molecule has 28 heavy (non-hydrogen) atoms. The zero-order chi connectivity index (χ0) is 19.5. The average Bonchev–Trinajstić information content (AvgIpc) is 3.12. The lowest BCUT2D eigenvalue weighted by molar-refractivity contribution is 0.181. The molecule has 3 heterocycles. The maximum Gasteiger partial charge on any atom is 0.163 e. The molecule has 3 aromatic heterocycles. The van der Waals surface area contributed by atoms with Crippen LogP contribution in [0.3, 0.4) is 0 Å². The summed E-state index contributed by atoms with van der Waals surface area (Å²) in [6.45, 7) is 0.361. The summed E-state index contributed by atoms with van der Waals surface area (Å²) in [6, 6.07) is 11.6. The predicted molar refractivity (Wildman–Crippen MR) is 105 cm³/mol. The van der Waals surface area contributed by atoms with E-state index < -0.39 is 0 Å². The van der Waals surface area contributed by atoms with Gasteiger partial charge in [0.2, 0.25) is 0 Å². The van der Waals surface area contributed by atoms with Crippen LogP contribution in [0.5, 0.6) is 11.5 Å². The molecule has 0 aliphatic rings. The summed E-state index contributed by atoms with van der Waals surface area (Å²) in [5.41, 5.74) is 5.21. The monoisotopic (exact) mass is 376 g/mol. The molecule has 0 saturated carbocycles. The summed E-state index contributed by atoms with van der Waals surface area (Å²) in [7, 11) is 4.88. The summed E-state index contributed by atoms with van der Waals surface area (Å²) in [5.74, 6) is 1.31. The summed E-state index contributed by atoms with van der Waals surface area (Å²) in [5, 5.41) is 4.78. The fourth-order valence-corrected chi connectivity index (χ4v) is 3.25. The summed E-state index contributed by atoms with van der Waals surface area (Å²) >= 11 is 0. The van der Waals surface area contributed by atoms with E-state index in [2.05, 4.69) is 9.97 Å².